The monoisotopic (exact) mass is 274 g/mol. The lowest BCUT2D eigenvalue weighted by Crippen LogP contribution is -2.09. The molecule has 1 nitrogen and oxygen atoms in total. The number of carbonyl (C=O) groups is 1. The van der Waals surface area contributed by atoms with Crippen molar-refractivity contribution in [1.82, 2.24) is 0 Å². The maximum Gasteiger partial charge on any atom is 0.165 e. The van der Waals surface area contributed by atoms with Gasteiger partial charge in [-0.1, -0.05) is 30.3 Å². The van der Waals surface area contributed by atoms with E-state index in [9.17, 15) is 4.79 Å². The second-order valence-corrected chi connectivity index (χ2v) is 6.51. The van der Waals surface area contributed by atoms with Crippen LogP contribution < -0.4 is 0 Å². The van der Waals surface area contributed by atoms with E-state index >= 15 is 0 Å². The molecule has 0 saturated heterocycles. The molecule has 0 radical (unpaired) electrons. The Bertz CT molecular complexity index is 584. The van der Waals surface area contributed by atoms with Crippen molar-refractivity contribution in [3.05, 3.63) is 41.5 Å². The standard InChI is InChI=1S/C15H14OS2/c1-17-15-13-11(8-5-9-12(13)16)14(18-15)10-6-3-2-4-7-10/h2-4,6-7H,5,8-9H2,1H3. The zero-order valence-electron chi connectivity index (χ0n) is 10.2. The number of rotatable bonds is 2. The molecule has 0 bridgehead atoms. The molecule has 3 heteroatoms. The van der Waals surface area contributed by atoms with Gasteiger partial charge >= 0.3 is 0 Å². The van der Waals surface area contributed by atoms with Crippen LogP contribution in [0.1, 0.15) is 28.8 Å². The normalized spacial score (nSPS) is 14.6. The van der Waals surface area contributed by atoms with E-state index in [2.05, 4.69) is 30.5 Å². The summed E-state index contributed by atoms with van der Waals surface area (Å²) in [5, 5.41) is 0. The van der Waals surface area contributed by atoms with Gasteiger partial charge in [-0.25, -0.2) is 0 Å². The van der Waals surface area contributed by atoms with Crippen LogP contribution in [0, 0.1) is 0 Å². The minimum absolute atomic E-state index is 0.332. The molecule has 1 heterocycles. The van der Waals surface area contributed by atoms with Gasteiger partial charge < -0.3 is 0 Å². The molecule has 2 aromatic rings. The summed E-state index contributed by atoms with van der Waals surface area (Å²) in [6.45, 7) is 0. The number of Topliss-reactive ketones (excluding diaryl/α,β-unsaturated/α-hetero) is 1. The molecule has 0 atom stereocenters. The summed E-state index contributed by atoms with van der Waals surface area (Å²) < 4.78 is 1.19. The highest BCUT2D eigenvalue weighted by Crippen LogP contribution is 2.44. The third kappa shape index (κ3) is 1.91. The fourth-order valence-corrected chi connectivity index (χ4v) is 4.61. The Hall–Kier alpha value is -1.06. The Labute approximate surface area is 115 Å². The highest BCUT2D eigenvalue weighted by molar-refractivity contribution is 8.00. The molecule has 0 fully saturated rings. The molecule has 0 N–H and O–H groups in total. The molecule has 1 aromatic carbocycles. The summed E-state index contributed by atoms with van der Waals surface area (Å²) >= 11 is 3.47. The van der Waals surface area contributed by atoms with Crippen LogP contribution in [-0.2, 0) is 6.42 Å². The van der Waals surface area contributed by atoms with Gasteiger partial charge in [0.2, 0.25) is 0 Å². The number of carbonyl (C=O) groups excluding carboxylic acids is 1. The first-order valence-electron chi connectivity index (χ1n) is 6.09. The summed E-state index contributed by atoms with van der Waals surface area (Å²) in [4.78, 5) is 13.4. The van der Waals surface area contributed by atoms with E-state index in [0.717, 1.165) is 18.4 Å². The van der Waals surface area contributed by atoms with E-state index in [1.54, 1.807) is 23.1 Å². The van der Waals surface area contributed by atoms with E-state index < -0.39 is 0 Å². The Kier molecular flexibility index (Phi) is 3.27. The second kappa shape index (κ2) is 4.90. The van der Waals surface area contributed by atoms with Crippen LogP contribution >= 0.6 is 23.1 Å². The third-order valence-corrected chi connectivity index (χ3v) is 5.71. The Morgan fingerprint density at radius 2 is 1.94 bits per heavy atom. The smallest absolute Gasteiger partial charge is 0.165 e. The van der Waals surface area contributed by atoms with Gasteiger partial charge in [0, 0.05) is 16.9 Å². The summed E-state index contributed by atoms with van der Waals surface area (Å²) in [6.07, 6.45) is 4.81. The van der Waals surface area contributed by atoms with E-state index in [0.29, 0.717) is 12.2 Å². The van der Waals surface area contributed by atoms with E-state index in [1.807, 2.05) is 6.07 Å². The van der Waals surface area contributed by atoms with Gasteiger partial charge in [-0.15, -0.1) is 23.1 Å². The molecule has 3 rings (SSSR count). The first-order valence-corrected chi connectivity index (χ1v) is 8.13. The number of hydrogen-bond donors (Lipinski definition) is 0. The van der Waals surface area contributed by atoms with Crippen molar-refractivity contribution in [3.63, 3.8) is 0 Å². The van der Waals surface area contributed by atoms with E-state index in [1.165, 1.54) is 20.2 Å². The minimum atomic E-state index is 0.332. The summed E-state index contributed by atoms with van der Waals surface area (Å²) in [5.41, 5.74) is 3.54. The van der Waals surface area contributed by atoms with Crippen molar-refractivity contribution in [1.29, 1.82) is 0 Å². The molecule has 92 valence electrons. The Balaban J connectivity index is 2.20. The fourth-order valence-electron chi connectivity index (χ4n) is 2.48. The molecule has 1 aliphatic carbocycles. The van der Waals surface area contributed by atoms with Gasteiger partial charge in [0.15, 0.2) is 5.78 Å². The molecule has 18 heavy (non-hydrogen) atoms. The van der Waals surface area contributed by atoms with Crippen molar-refractivity contribution >= 4 is 28.9 Å². The molecule has 0 unspecified atom stereocenters. The first kappa shape index (κ1) is 12.0. The highest BCUT2D eigenvalue weighted by atomic mass is 32.2. The number of thioether (sulfide) groups is 1. The van der Waals surface area contributed by atoms with Gasteiger partial charge in [-0.2, -0.15) is 0 Å². The minimum Gasteiger partial charge on any atom is -0.294 e. The topological polar surface area (TPSA) is 17.1 Å². The average molecular weight is 274 g/mol. The van der Waals surface area contributed by atoms with Crippen LogP contribution in [0.25, 0.3) is 10.4 Å². The number of fused-ring (bicyclic) bond motifs is 1. The third-order valence-electron chi connectivity index (χ3n) is 3.31. The summed E-state index contributed by atoms with van der Waals surface area (Å²) in [6, 6.07) is 10.4. The van der Waals surface area contributed by atoms with Crippen molar-refractivity contribution in [3.8, 4) is 10.4 Å². The molecular weight excluding hydrogens is 260 g/mol. The van der Waals surface area contributed by atoms with Crippen LogP contribution in [0.15, 0.2) is 34.5 Å². The van der Waals surface area contributed by atoms with Gasteiger partial charge in [0.05, 0.1) is 4.21 Å². The van der Waals surface area contributed by atoms with Crippen molar-refractivity contribution in [2.75, 3.05) is 6.26 Å². The first-order chi connectivity index (χ1) is 8.81. The molecule has 0 aliphatic heterocycles. The van der Waals surface area contributed by atoms with Gasteiger partial charge in [0.25, 0.3) is 0 Å². The number of thiophene rings is 1. The quantitative estimate of drug-likeness (QED) is 0.741. The van der Waals surface area contributed by atoms with Crippen molar-refractivity contribution in [2.24, 2.45) is 0 Å². The Morgan fingerprint density at radius 1 is 1.17 bits per heavy atom. The van der Waals surface area contributed by atoms with Crippen LogP contribution in [0.5, 0.6) is 0 Å². The van der Waals surface area contributed by atoms with Gasteiger partial charge in [-0.05, 0) is 30.2 Å². The zero-order chi connectivity index (χ0) is 12.5. The van der Waals surface area contributed by atoms with Crippen molar-refractivity contribution < 1.29 is 4.79 Å². The van der Waals surface area contributed by atoms with Crippen LogP contribution in [-0.4, -0.2) is 12.0 Å². The number of hydrogen-bond acceptors (Lipinski definition) is 3. The van der Waals surface area contributed by atoms with Crippen molar-refractivity contribution in [2.45, 2.75) is 23.5 Å². The number of benzene rings is 1. The van der Waals surface area contributed by atoms with Crippen LogP contribution in [0.4, 0.5) is 0 Å². The Morgan fingerprint density at radius 3 is 2.67 bits per heavy atom. The molecular formula is C15H14OS2. The maximum absolute atomic E-state index is 12.1. The molecule has 0 amide bonds. The van der Waals surface area contributed by atoms with Crippen LogP contribution in [0.3, 0.4) is 0 Å². The molecule has 0 saturated carbocycles. The van der Waals surface area contributed by atoms with Gasteiger partial charge in [0.1, 0.15) is 0 Å². The van der Waals surface area contributed by atoms with Crippen LogP contribution in [0.2, 0.25) is 0 Å². The number of ketones is 1. The average Bonchev–Trinajstić information content (AvgIpc) is 2.80. The summed E-state index contributed by atoms with van der Waals surface area (Å²) in [5.74, 6) is 0.332. The molecule has 1 aliphatic rings. The lowest BCUT2D eigenvalue weighted by Gasteiger charge is -2.12. The van der Waals surface area contributed by atoms with E-state index in [-0.39, 0.29) is 0 Å². The fraction of sp³-hybridized carbons (Fsp3) is 0.267. The summed E-state index contributed by atoms with van der Waals surface area (Å²) in [7, 11) is 0. The highest BCUT2D eigenvalue weighted by Gasteiger charge is 2.26. The predicted molar refractivity (Wildman–Crippen MR) is 78.8 cm³/mol. The predicted octanol–water partition coefficient (Wildman–Crippen LogP) is 4.66. The second-order valence-electron chi connectivity index (χ2n) is 4.42. The zero-order valence-corrected chi connectivity index (χ0v) is 11.9. The molecule has 1 aromatic heterocycles. The maximum atomic E-state index is 12.1. The molecule has 0 spiro atoms. The van der Waals surface area contributed by atoms with E-state index in [4.69, 9.17) is 0 Å². The largest absolute Gasteiger partial charge is 0.294 e. The SMILES string of the molecule is CSc1sc(-c2ccccc2)c2c1C(=O)CCC2. The lowest BCUT2D eigenvalue weighted by atomic mass is 9.91. The van der Waals surface area contributed by atoms with Gasteiger partial charge in [-0.3, -0.25) is 4.79 Å². The lowest BCUT2D eigenvalue weighted by molar-refractivity contribution is 0.0970.